The normalized spacial score (nSPS) is 25.6. The first-order chi connectivity index (χ1) is 13.0. The number of aromatic nitrogens is 1. The van der Waals surface area contributed by atoms with E-state index < -0.39 is 0 Å². The van der Waals surface area contributed by atoms with Crippen molar-refractivity contribution in [1.82, 2.24) is 20.5 Å². The molecule has 1 saturated heterocycles. The maximum atomic E-state index is 5.73. The van der Waals surface area contributed by atoms with Gasteiger partial charge in [0.15, 0.2) is 5.96 Å². The van der Waals surface area contributed by atoms with Crippen LogP contribution in [-0.4, -0.2) is 48.6 Å². The smallest absolute Gasteiger partial charge is 0.208 e. The van der Waals surface area contributed by atoms with E-state index in [1.54, 1.807) is 0 Å². The monoisotopic (exact) mass is 375 g/mol. The van der Waals surface area contributed by atoms with Crippen LogP contribution in [-0.2, 0) is 6.54 Å². The molecule has 2 heterocycles. The molecule has 0 radical (unpaired) electrons. The summed E-state index contributed by atoms with van der Waals surface area (Å²) in [5, 5.41) is 7.19. The Bertz CT molecular complexity index is 591. The van der Waals surface area contributed by atoms with E-state index in [-0.39, 0.29) is 0 Å². The van der Waals surface area contributed by atoms with Crippen LogP contribution in [0.2, 0.25) is 0 Å². The summed E-state index contributed by atoms with van der Waals surface area (Å²) in [5.74, 6) is 4.36. The molecule has 1 aromatic heterocycles. The van der Waals surface area contributed by atoms with E-state index in [4.69, 9.17) is 4.42 Å². The van der Waals surface area contributed by atoms with E-state index in [2.05, 4.69) is 32.4 Å². The van der Waals surface area contributed by atoms with E-state index in [0.29, 0.717) is 12.0 Å². The molecular weight excluding hydrogens is 338 g/mol. The number of piperidine rings is 1. The number of guanidine groups is 1. The van der Waals surface area contributed by atoms with Crippen LogP contribution >= 0.6 is 0 Å². The van der Waals surface area contributed by atoms with Crippen LogP contribution < -0.4 is 10.6 Å². The van der Waals surface area contributed by atoms with Gasteiger partial charge in [-0.2, -0.15) is 0 Å². The van der Waals surface area contributed by atoms with Gasteiger partial charge < -0.3 is 15.1 Å². The molecule has 0 amide bonds. The fraction of sp³-hybridized carbons (Fsp3) is 0.810. The third-order valence-corrected chi connectivity index (χ3v) is 6.28. The lowest BCUT2D eigenvalue weighted by molar-refractivity contribution is 0.164. The average molecular weight is 376 g/mol. The molecule has 1 aliphatic heterocycles. The zero-order valence-corrected chi connectivity index (χ0v) is 17.6. The number of oxazole rings is 1. The fourth-order valence-electron chi connectivity index (χ4n) is 4.18. The number of hydrogen-bond acceptors (Lipinski definition) is 4. The maximum Gasteiger partial charge on any atom is 0.208 e. The summed E-state index contributed by atoms with van der Waals surface area (Å²) in [6.07, 6.45) is 7.61. The van der Waals surface area contributed by atoms with Crippen LogP contribution in [0.25, 0.3) is 0 Å². The Labute approximate surface area is 164 Å². The Morgan fingerprint density at radius 1 is 1.15 bits per heavy atom. The van der Waals surface area contributed by atoms with E-state index in [1.807, 2.05) is 20.9 Å². The molecule has 2 aliphatic rings. The summed E-state index contributed by atoms with van der Waals surface area (Å²) in [6.45, 7) is 10.4. The molecule has 3 rings (SSSR count). The zero-order chi connectivity index (χ0) is 19.2. The van der Waals surface area contributed by atoms with Crippen LogP contribution in [0.1, 0.15) is 62.8 Å². The predicted molar refractivity (Wildman–Crippen MR) is 110 cm³/mol. The first-order valence-corrected chi connectivity index (χ1v) is 10.7. The van der Waals surface area contributed by atoms with Crippen molar-refractivity contribution in [3.05, 3.63) is 17.3 Å². The first kappa shape index (κ1) is 20.2. The highest BCUT2D eigenvalue weighted by molar-refractivity contribution is 5.79. The summed E-state index contributed by atoms with van der Waals surface area (Å²) in [4.78, 5) is 11.4. The summed E-state index contributed by atoms with van der Waals surface area (Å²) in [5.41, 5.74) is 1.01. The van der Waals surface area contributed by atoms with E-state index in [9.17, 15) is 0 Å². The Morgan fingerprint density at radius 3 is 2.44 bits per heavy atom. The summed E-state index contributed by atoms with van der Waals surface area (Å²) in [7, 11) is 1.88. The van der Waals surface area contributed by atoms with Gasteiger partial charge in [-0.1, -0.05) is 6.92 Å². The molecule has 6 heteroatoms. The predicted octanol–water partition coefficient (Wildman–Crippen LogP) is 3.25. The van der Waals surface area contributed by atoms with Crippen molar-refractivity contribution >= 4 is 5.96 Å². The molecule has 0 spiro atoms. The summed E-state index contributed by atoms with van der Waals surface area (Å²) >= 11 is 0. The molecule has 152 valence electrons. The highest BCUT2D eigenvalue weighted by Gasteiger charge is 2.22. The number of nitrogens with zero attached hydrogens (tertiary/aromatic N) is 3. The molecule has 0 unspecified atom stereocenters. The second-order valence-corrected chi connectivity index (χ2v) is 8.52. The summed E-state index contributed by atoms with van der Waals surface area (Å²) in [6, 6.07) is 0.585. The van der Waals surface area contributed by atoms with Crippen molar-refractivity contribution in [2.24, 2.45) is 16.8 Å². The number of rotatable bonds is 5. The van der Waals surface area contributed by atoms with Crippen molar-refractivity contribution < 1.29 is 4.42 Å². The van der Waals surface area contributed by atoms with Gasteiger partial charge in [0.1, 0.15) is 5.76 Å². The van der Waals surface area contributed by atoms with Crippen LogP contribution in [0, 0.1) is 25.7 Å². The third-order valence-electron chi connectivity index (χ3n) is 6.28. The fourth-order valence-corrected chi connectivity index (χ4v) is 4.18. The Hall–Kier alpha value is -1.56. The van der Waals surface area contributed by atoms with Gasteiger partial charge in [-0.3, -0.25) is 9.89 Å². The minimum absolute atomic E-state index is 0.585. The van der Waals surface area contributed by atoms with E-state index in [0.717, 1.165) is 55.4 Å². The molecule has 2 N–H and O–H groups in total. The lowest BCUT2D eigenvalue weighted by atomic mass is 9.87. The van der Waals surface area contributed by atoms with E-state index in [1.165, 1.54) is 38.5 Å². The number of likely N-dealkylation sites (tertiary alicyclic amines) is 1. The lowest BCUT2D eigenvalue weighted by Crippen LogP contribution is -2.47. The average Bonchev–Trinajstić information content (AvgIpc) is 2.98. The summed E-state index contributed by atoms with van der Waals surface area (Å²) < 4.78 is 5.73. The molecule has 0 bridgehead atoms. The Kier molecular flexibility index (Phi) is 7.16. The number of nitrogens with one attached hydrogen (secondary N) is 2. The van der Waals surface area contributed by atoms with Crippen molar-refractivity contribution in [1.29, 1.82) is 0 Å². The van der Waals surface area contributed by atoms with Gasteiger partial charge in [0.25, 0.3) is 0 Å². The highest BCUT2D eigenvalue weighted by atomic mass is 16.4. The molecule has 1 saturated carbocycles. The number of aliphatic imine (C=N–C) groups is 1. The van der Waals surface area contributed by atoms with Gasteiger partial charge >= 0.3 is 0 Å². The minimum Gasteiger partial charge on any atom is -0.444 e. The first-order valence-electron chi connectivity index (χ1n) is 10.7. The van der Waals surface area contributed by atoms with Crippen molar-refractivity contribution in [3.8, 4) is 0 Å². The van der Waals surface area contributed by atoms with Crippen LogP contribution in [0.15, 0.2) is 9.41 Å². The van der Waals surface area contributed by atoms with Gasteiger partial charge in [-0.05, 0) is 77.3 Å². The Morgan fingerprint density at radius 2 is 1.85 bits per heavy atom. The van der Waals surface area contributed by atoms with Gasteiger partial charge in [0.2, 0.25) is 5.89 Å². The van der Waals surface area contributed by atoms with E-state index >= 15 is 0 Å². The van der Waals surface area contributed by atoms with Crippen molar-refractivity contribution in [2.75, 3.05) is 26.7 Å². The standard InChI is InChI=1S/C21H37N5O/c1-15-5-7-19(8-6-15)25-21(22-4)23-13-18-9-11-26(12-10-18)14-20-24-16(2)17(3)27-20/h15,18-19H,5-14H2,1-4H3,(H2,22,23,25). The quantitative estimate of drug-likeness (QED) is 0.611. The number of hydrogen-bond donors (Lipinski definition) is 2. The van der Waals surface area contributed by atoms with Crippen molar-refractivity contribution in [3.63, 3.8) is 0 Å². The molecule has 6 nitrogen and oxygen atoms in total. The molecule has 1 aromatic rings. The van der Waals surface area contributed by atoms with Crippen LogP contribution in [0.3, 0.4) is 0 Å². The molecule has 2 fully saturated rings. The maximum absolute atomic E-state index is 5.73. The molecule has 1 aliphatic carbocycles. The van der Waals surface area contributed by atoms with Crippen LogP contribution in [0.5, 0.6) is 0 Å². The third kappa shape index (κ3) is 5.96. The topological polar surface area (TPSA) is 65.7 Å². The molecule has 0 atom stereocenters. The largest absolute Gasteiger partial charge is 0.444 e. The SMILES string of the molecule is CN=C(NCC1CCN(Cc2nc(C)c(C)o2)CC1)NC1CCC(C)CC1. The Balaban J connectivity index is 1.36. The van der Waals surface area contributed by atoms with Gasteiger partial charge in [0.05, 0.1) is 12.2 Å². The number of aryl methyl sites for hydroxylation is 2. The van der Waals surface area contributed by atoms with Crippen molar-refractivity contribution in [2.45, 2.75) is 71.9 Å². The van der Waals surface area contributed by atoms with Gasteiger partial charge in [0, 0.05) is 19.6 Å². The highest BCUT2D eigenvalue weighted by Crippen LogP contribution is 2.23. The second-order valence-electron chi connectivity index (χ2n) is 8.52. The molecule has 27 heavy (non-hydrogen) atoms. The lowest BCUT2D eigenvalue weighted by Gasteiger charge is -2.32. The van der Waals surface area contributed by atoms with Crippen LogP contribution in [0.4, 0.5) is 0 Å². The molecule has 0 aromatic carbocycles. The zero-order valence-electron chi connectivity index (χ0n) is 17.6. The van der Waals surface area contributed by atoms with Gasteiger partial charge in [-0.25, -0.2) is 4.98 Å². The van der Waals surface area contributed by atoms with Gasteiger partial charge in [-0.15, -0.1) is 0 Å². The molecular formula is C21H37N5O. The minimum atomic E-state index is 0.585. The second kappa shape index (κ2) is 9.58.